The van der Waals surface area contributed by atoms with Crippen LogP contribution >= 0.6 is 0 Å². The van der Waals surface area contributed by atoms with Crippen LogP contribution in [0.5, 0.6) is 5.75 Å². The minimum Gasteiger partial charge on any atom is -0.493 e. The first-order chi connectivity index (χ1) is 11.1. The van der Waals surface area contributed by atoms with E-state index in [1.165, 1.54) is 6.07 Å². The Balaban J connectivity index is 2.11. The van der Waals surface area contributed by atoms with Gasteiger partial charge in [-0.15, -0.1) is 0 Å². The normalized spacial score (nSPS) is 12.4. The van der Waals surface area contributed by atoms with Crippen molar-refractivity contribution < 1.29 is 8.95 Å². The minimum absolute atomic E-state index is 0.199. The van der Waals surface area contributed by atoms with Gasteiger partial charge in [0.2, 0.25) is 5.56 Å². The fourth-order valence-corrected chi connectivity index (χ4v) is 2.79. The molecule has 1 aromatic carbocycles. The third-order valence-corrected chi connectivity index (χ3v) is 4.29. The Morgan fingerprint density at radius 2 is 2.04 bits per heavy atom. The number of H-pyrrole nitrogens is 2. The average Bonchev–Trinajstić information content (AvgIpc) is 2.95. The van der Waals surface area contributed by atoms with E-state index in [4.69, 9.17) is 4.74 Å². The van der Waals surface area contributed by atoms with Crippen molar-refractivity contribution in [2.75, 3.05) is 12.9 Å². The van der Waals surface area contributed by atoms with Crippen molar-refractivity contribution in [1.29, 1.82) is 0 Å². The van der Waals surface area contributed by atoms with Crippen LogP contribution in [0, 0.1) is 0 Å². The van der Waals surface area contributed by atoms with Crippen LogP contribution in [0.1, 0.15) is 13.3 Å². The van der Waals surface area contributed by atoms with Crippen LogP contribution in [-0.2, 0) is 10.8 Å². The topological polar surface area (TPSA) is 87.8 Å². The molecule has 0 spiro atoms. The standard InChI is InChI=1S/C16H17N3O3S/c1-3-8-22-13-9-10(23(2)21)4-5-11(13)15-17-12-6-7-14(20)18-16(12)19-15/h4-7,9H,3,8H2,1-2H3,(H2,17,18,19,20). The number of nitrogens with zero attached hydrogens (tertiary/aromatic N) is 1. The fourth-order valence-electron chi connectivity index (χ4n) is 2.26. The molecule has 2 N–H and O–H groups in total. The first kappa shape index (κ1) is 15.5. The van der Waals surface area contributed by atoms with Crippen LogP contribution in [0.4, 0.5) is 0 Å². The molecule has 120 valence electrons. The Bertz CT molecular complexity index is 930. The summed E-state index contributed by atoms with van der Waals surface area (Å²) in [5.74, 6) is 1.22. The van der Waals surface area contributed by atoms with E-state index in [0.29, 0.717) is 28.7 Å². The predicted molar refractivity (Wildman–Crippen MR) is 90.3 cm³/mol. The number of pyridine rings is 1. The molecule has 23 heavy (non-hydrogen) atoms. The fraction of sp³-hybridized carbons (Fsp3) is 0.250. The van der Waals surface area contributed by atoms with Crippen LogP contribution < -0.4 is 10.3 Å². The van der Waals surface area contributed by atoms with Gasteiger partial charge in [-0.3, -0.25) is 9.00 Å². The number of fused-ring (bicyclic) bond motifs is 1. The number of rotatable bonds is 5. The van der Waals surface area contributed by atoms with Crippen molar-refractivity contribution in [3.8, 4) is 17.1 Å². The van der Waals surface area contributed by atoms with Crippen LogP contribution in [0.2, 0.25) is 0 Å². The minimum atomic E-state index is -1.09. The number of hydrogen-bond acceptors (Lipinski definition) is 4. The average molecular weight is 331 g/mol. The van der Waals surface area contributed by atoms with Crippen LogP contribution in [0.3, 0.4) is 0 Å². The molecule has 6 nitrogen and oxygen atoms in total. The van der Waals surface area contributed by atoms with Crippen molar-refractivity contribution in [3.63, 3.8) is 0 Å². The Morgan fingerprint density at radius 3 is 2.78 bits per heavy atom. The Hall–Kier alpha value is -2.41. The van der Waals surface area contributed by atoms with E-state index in [1.54, 1.807) is 24.5 Å². The molecule has 1 atom stereocenters. The quantitative estimate of drug-likeness (QED) is 0.751. The van der Waals surface area contributed by atoms with Gasteiger partial charge in [-0.1, -0.05) is 6.92 Å². The van der Waals surface area contributed by atoms with Crippen molar-refractivity contribution in [2.24, 2.45) is 0 Å². The van der Waals surface area contributed by atoms with Crippen LogP contribution in [-0.4, -0.2) is 32.0 Å². The molecule has 7 heteroatoms. The number of benzene rings is 1. The number of ether oxygens (including phenoxy) is 1. The highest BCUT2D eigenvalue weighted by molar-refractivity contribution is 7.84. The second-order valence-electron chi connectivity index (χ2n) is 5.13. The second-order valence-corrected chi connectivity index (χ2v) is 6.51. The van der Waals surface area contributed by atoms with E-state index in [-0.39, 0.29) is 5.56 Å². The lowest BCUT2D eigenvalue weighted by molar-refractivity contribution is 0.318. The summed E-state index contributed by atoms with van der Waals surface area (Å²) in [5, 5.41) is 0. The zero-order valence-corrected chi connectivity index (χ0v) is 13.7. The molecule has 0 aliphatic carbocycles. The molecule has 0 aliphatic rings. The van der Waals surface area contributed by atoms with Crippen molar-refractivity contribution in [3.05, 3.63) is 40.7 Å². The SMILES string of the molecule is CCCOc1cc(S(C)=O)ccc1-c1nc2[nH]c(=O)ccc2[nH]1. The summed E-state index contributed by atoms with van der Waals surface area (Å²) in [6.45, 7) is 2.58. The highest BCUT2D eigenvalue weighted by Crippen LogP contribution is 2.31. The summed E-state index contributed by atoms with van der Waals surface area (Å²) in [5.41, 5.74) is 1.81. The lowest BCUT2D eigenvalue weighted by Crippen LogP contribution is -2.01. The van der Waals surface area contributed by atoms with Crippen molar-refractivity contribution in [1.82, 2.24) is 15.0 Å². The molecule has 3 rings (SSSR count). The third kappa shape index (κ3) is 3.19. The summed E-state index contributed by atoms with van der Waals surface area (Å²) in [4.78, 5) is 22.4. The van der Waals surface area contributed by atoms with Gasteiger partial charge in [-0.25, -0.2) is 4.98 Å². The molecular weight excluding hydrogens is 314 g/mol. The maximum atomic E-state index is 11.7. The summed E-state index contributed by atoms with van der Waals surface area (Å²) in [6, 6.07) is 8.53. The van der Waals surface area contributed by atoms with Gasteiger partial charge in [-0.05, 0) is 30.7 Å². The van der Waals surface area contributed by atoms with Gasteiger partial charge in [0.05, 0.1) is 17.7 Å². The van der Waals surface area contributed by atoms with Gasteiger partial charge in [0.15, 0.2) is 5.65 Å². The monoisotopic (exact) mass is 331 g/mol. The van der Waals surface area contributed by atoms with Gasteiger partial charge < -0.3 is 14.7 Å². The molecule has 1 unspecified atom stereocenters. The molecular formula is C16H17N3O3S. The molecule has 0 saturated heterocycles. The Morgan fingerprint density at radius 1 is 1.22 bits per heavy atom. The van der Waals surface area contributed by atoms with Crippen LogP contribution in [0.15, 0.2) is 40.0 Å². The summed E-state index contributed by atoms with van der Waals surface area (Å²) in [7, 11) is -1.09. The number of aromatic nitrogens is 3. The Kier molecular flexibility index (Phi) is 4.29. The molecule has 0 amide bonds. The summed E-state index contributed by atoms with van der Waals surface area (Å²) < 4.78 is 17.5. The van der Waals surface area contributed by atoms with Crippen molar-refractivity contribution >= 4 is 22.0 Å². The molecule has 0 radical (unpaired) electrons. The molecule has 3 aromatic rings. The van der Waals surface area contributed by atoms with Gasteiger partial charge in [0, 0.05) is 28.0 Å². The number of imidazole rings is 1. The van der Waals surface area contributed by atoms with Crippen molar-refractivity contribution in [2.45, 2.75) is 18.2 Å². The second kappa shape index (κ2) is 6.37. The Labute approximate surface area is 135 Å². The number of nitrogens with one attached hydrogen (secondary N) is 2. The van der Waals surface area contributed by atoms with E-state index in [0.717, 1.165) is 17.5 Å². The van der Waals surface area contributed by atoms with E-state index < -0.39 is 10.8 Å². The number of aromatic amines is 2. The molecule has 0 bridgehead atoms. The van der Waals surface area contributed by atoms with E-state index in [2.05, 4.69) is 15.0 Å². The van der Waals surface area contributed by atoms with Gasteiger partial charge in [0.1, 0.15) is 11.6 Å². The largest absolute Gasteiger partial charge is 0.493 e. The summed E-state index contributed by atoms with van der Waals surface area (Å²) >= 11 is 0. The smallest absolute Gasteiger partial charge is 0.249 e. The molecule has 2 heterocycles. The molecule has 0 fully saturated rings. The van der Waals surface area contributed by atoms with E-state index in [9.17, 15) is 9.00 Å². The lowest BCUT2D eigenvalue weighted by atomic mass is 10.2. The van der Waals surface area contributed by atoms with Gasteiger partial charge >= 0.3 is 0 Å². The highest BCUT2D eigenvalue weighted by Gasteiger charge is 2.13. The molecule has 0 aliphatic heterocycles. The first-order valence-electron chi connectivity index (χ1n) is 7.28. The highest BCUT2D eigenvalue weighted by atomic mass is 32.2. The van der Waals surface area contributed by atoms with Gasteiger partial charge in [0.25, 0.3) is 0 Å². The predicted octanol–water partition coefficient (Wildman–Crippen LogP) is 2.44. The van der Waals surface area contributed by atoms with E-state index in [1.807, 2.05) is 13.0 Å². The lowest BCUT2D eigenvalue weighted by Gasteiger charge is -2.10. The van der Waals surface area contributed by atoms with Crippen LogP contribution in [0.25, 0.3) is 22.6 Å². The number of hydrogen-bond donors (Lipinski definition) is 2. The zero-order chi connectivity index (χ0) is 16.4. The summed E-state index contributed by atoms with van der Waals surface area (Å²) in [6.07, 6.45) is 2.50. The van der Waals surface area contributed by atoms with Gasteiger partial charge in [-0.2, -0.15) is 0 Å². The van der Waals surface area contributed by atoms with E-state index >= 15 is 0 Å². The maximum absolute atomic E-state index is 11.7. The molecule has 0 saturated carbocycles. The molecule has 2 aromatic heterocycles. The first-order valence-corrected chi connectivity index (χ1v) is 8.84. The third-order valence-electron chi connectivity index (χ3n) is 3.38. The zero-order valence-electron chi connectivity index (χ0n) is 12.9. The maximum Gasteiger partial charge on any atom is 0.249 e.